The van der Waals surface area contributed by atoms with Crippen molar-refractivity contribution in [2.75, 3.05) is 7.11 Å². The van der Waals surface area contributed by atoms with Crippen LogP contribution in [0.2, 0.25) is 0 Å². The van der Waals surface area contributed by atoms with Crippen LogP contribution in [0.15, 0.2) is 17.9 Å². The van der Waals surface area contributed by atoms with Crippen LogP contribution >= 0.6 is 0 Å². The molecular formula is C18H25NO3. The average Bonchev–Trinajstić information content (AvgIpc) is 3.01. The molecule has 1 heterocycles. The van der Waals surface area contributed by atoms with E-state index in [4.69, 9.17) is 5.11 Å². The minimum Gasteiger partial charge on any atom is -0.509 e. The van der Waals surface area contributed by atoms with E-state index in [0.717, 1.165) is 49.5 Å². The summed E-state index contributed by atoms with van der Waals surface area (Å²) in [6.45, 7) is 6.05. The molecule has 0 radical (unpaired) electrons. The van der Waals surface area contributed by atoms with Crippen LogP contribution in [-0.2, 0) is 4.79 Å². The van der Waals surface area contributed by atoms with Crippen LogP contribution in [0.3, 0.4) is 0 Å². The highest BCUT2D eigenvalue weighted by Gasteiger charge is 2.47. The largest absolute Gasteiger partial charge is 0.509 e. The highest BCUT2D eigenvalue weighted by molar-refractivity contribution is 6.24. The first kappa shape index (κ1) is 16.6. The maximum Gasteiger partial charge on any atom is 0.256 e. The Labute approximate surface area is 131 Å². The second-order valence-electron chi connectivity index (χ2n) is 6.24. The minimum atomic E-state index is -0.490. The van der Waals surface area contributed by atoms with E-state index in [1.165, 1.54) is 5.56 Å². The normalized spacial score (nSPS) is 19.2. The van der Waals surface area contributed by atoms with E-state index < -0.39 is 5.54 Å². The van der Waals surface area contributed by atoms with Crippen LogP contribution in [0.5, 0.6) is 0 Å². The topological polar surface area (TPSA) is 69.6 Å². The summed E-state index contributed by atoms with van der Waals surface area (Å²) in [4.78, 5) is 12.4. The first-order chi connectivity index (χ1) is 10.4. The summed E-state index contributed by atoms with van der Waals surface area (Å²) in [5.41, 5.74) is 4.17. The van der Waals surface area contributed by atoms with Crippen molar-refractivity contribution >= 4 is 11.5 Å². The molecular weight excluding hydrogens is 278 g/mol. The van der Waals surface area contributed by atoms with Gasteiger partial charge in [-0.25, -0.2) is 0 Å². The van der Waals surface area contributed by atoms with Gasteiger partial charge in [0.1, 0.15) is 5.76 Å². The fourth-order valence-corrected chi connectivity index (χ4v) is 3.83. The fraction of sp³-hybridized carbons (Fsp3) is 0.500. The third-order valence-corrected chi connectivity index (χ3v) is 4.65. The predicted molar refractivity (Wildman–Crippen MR) is 87.7 cm³/mol. The van der Waals surface area contributed by atoms with Gasteiger partial charge >= 0.3 is 0 Å². The van der Waals surface area contributed by atoms with Crippen molar-refractivity contribution in [3.8, 4) is 0 Å². The fourth-order valence-electron chi connectivity index (χ4n) is 3.83. The van der Waals surface area contributed by atoms with Gasteiger partial charge < -0.3 is 15.5 Å². The molecule has 2 aliphatic rings. The van der Waals surface area contributed by atoms with Gasteiger partial charge in [-0.1, -0.05) is 30.5 Å². The first-order valence-electron chi connectivity index (χ1n) is 7.74. The quantitative estimate of drug-likeness (QED) is 0.747. The molecule has 3 rings (SSSR count). The molecule has 4 nitrogen and oxygen atoms in total. The van der Waals surface area contributed by atoms with Crippen molar-refractivity contribution in [2.45, 2.75) is 52.0 Å². The average molecular weight is 303 g/mol. The van der Waals surface area contributed by atoms with Gasteiger partial charge in [0, 0.05) is 7.11 Å². The van der Waals surface area contributed by atoms with Gasteiger partial charge in [0.05, 0.1) is 11.1 Å². The third kappa shape index (κ3) is 2.52. The molecule has 4 heteroatoms. The van der Waals surface area contributed by atoms with E-state index in [1.807, 2.05) is 20.8 Å². The highest BCUT2D eigenvalue weighted by Crippen LogP contribution is 2.43. The van der Waals surface area contributed by atoms with Crippen molar-refractivity contribution in [3.63, 3.8) is 0 Å². The lowest BCUT2D eigenvalue weighted by atomic mass is 9.90. The molecule has 0 bridgehead atoms. The molecule has 1 aromatic rings. The highest BCUT2D eigenvalue weighted by atomic mass is 16.3. The van der Waals surface area contributed by atoms with Crippen molar-refractivity contribution in [1.82, 2.24) is 5.32 Å². The molecule has 120 valence electrons. The van der Waals surface area contributed by atoms with Crippen molar-refractivity contribution in [3.05, 3.63) is 40.1 Å². The molecule has 0 unspecified atom stereocenters. The number of rotatable bonds is 1. The van der Waals surface area contributed by atoms with E-state index in [9.17, 15) is 9.90 Å². The molecule has 0 saturated heterocycles. The lowest BCUT2D eigenvalue weighted by molar-refractivity contribution is -0.116. The number of amides is 1. The Kier molecular flexibility index (Phi) is 4.61. The molecule has 1 aromatic carbocycles. The number of hydrogen-bond donors (Lipinski definition) is 3. The summed E-state index contributed by atoms with van der Waals surface area (Å²) < 4.78 is 0. The van der Waals surface area contributed by atoms with E-state index in [2.05, 4.69) is 17.4 Å². The summed E-state index contributed by atoms with van der Waals surface area (Å²) in [5.74, 6) is 0.134. The van der Waals surface area contributed by atoms with Gasteiger partial charge in [-0.2, -0.15) is 0 Å². The zero-order valence-corrected chi connectivity index (χ0v) is 13.8. The zero-order valence-electron chi connectivity index (χ0n) is 13.8. The number of aryl methyl sites for hydroxylation is 3. The molecule has 1 aliphatic carbocycles. The third-order valence-electron chi connectivity index (χ3n) is 4.65. The Balaban J connectivity index is 0.000000847. The summed E-state index contributed by atoms with van der Waals surface area (Å²) in [6, 6.07) is 4.13. The van der Waals surface area contributed by atoms with E-state index in [-0.39, 0.29) is 11.7 Å². The second-order valence-corrected chi connectivity index (χ2v) is 6.24. The SMILES string of the molecule is CO.Cc1cc(C)c(C2=C(O)C3(CCCC3)NC2=O)c(C)c1. The molecule has 1 saturated carbocycles. The van der Waals surface area contributed by atoms with Crippen LogP contribution in [0.25, 0.3) is 5.57 Å². The number of benzene rings is 1. The molecule has 0 aromatic heterocycles. The van der Waals surface area contributed by atoms with Crippen LogP contribution in [-0.4, -0.2) is 28.8 Å². The van der Waals surface area contributed by atoms with E-state index in [1.54, 1.807) is 0 Å². The summed E-state index contributed by atoms with van der Waals surface area (Å²) in [7, 11) is 1.00. The molecule has 22 heavy (non-hydrogen) atoms. The van der Waals surface area contributed by atoms with E-state index >= 15 is 0 Å². The molecule has 3 N–H and O–H groups in total. The number of aliphatic hydroxyl groups excluding tert-OH is 2. The molecule has 0 atom stereocenters. The Bertz CT molecular complexity index is 602. The maximum absolute atomic E-state index is 12.4. The number of aliphatic hydroxyl groups is 2. The van der Waals surface area contributed by atoms with Crippen molar-refractivity contribution in [1.29, 1.82) is 0 Å². The van der Waals surface area contributed by atoms with Crippen LogP contribution in [0.4, 0.5) is 0 Å². The minimum absolute atomic E-state index is 0.126. The van der Waals surface area contributed by atoms with Crippen LogP contribution < -0.4 is 5.32 Å². The summed E-state index contributed by atoms with van der Waals surface area (Å²) >= 11 is 0. The molecule has 1 spiro atoms. The Hall–Kier alpha value is -1.81. The Morgan fingerprint density at radius 1 is 1.05 bits per heavy atom. The monoisotopic (exact) mass is 303 g/mol. The molecule has 1 fully saturated rings. The number of carbonyl (C=O) groups excluding carboxylic acids is 1. The molecule has 1 aliphatic heterocycles. The Morgan fingerprint density at radius 2 is 1.55 bits per heavy atom. The number of carbonyl (C=O) groups is 1. The summed E-state index contributed by atoms with van der Waals surface area (Å²) in [5, 5.41) is 20.7. The van der Waals surface area contributed by atoms with Gasteiger partial charge in [0.15, 0.2) is 0 Å². The number of nitrogens with one attached hydrogen (secondary N) is 1. The zero-order chi connectivity index (χ0) is 16.5. The second kappa shape index (κ2) is 6.13. The van der Waals surface area contributed by atoms with Crippen LogP contribution in [0, 0.1) is 20.8 Å². The van der Waals surface area contributed by atoms with Gasteiger partial charge in [-0.3, -0.25) is 4.79 Å². The van der Waals surface area contributed by atoms with Gasteiger partial charge in [-0.05, 0) is 50.3 Å². The lowest BCUT2D eigenvalue weighted by Gasteiger charge is -2.23. The van der Waals surface area contributed by atoms with Gasteiger partial charge in [0.25, 0.3) is 5.91 Å². The lowest BCUT2D eigenvalue weighted by Crippen LogP contribution is -2.41. The smallest absolute Gasteiger partial charge is 0.256 e. The predicted octanol–water partition coefficient (Wildman–Crippen LogP) is 2.93. The van der Waals surface area contributed by atoms with E-state index in [0.29, 0.717) is 5.57 Å². The van der Waals surface area contributed by atoms with Crippen molar-refractivity contribution in [2.24, 2.45) is 0 Å². The van der Waals surface area contributed by atoms with Gasteiger partial charge in [0.2, 0.25) is 0 Å². The molecule has 1 amide bonds. The maximum atomic E-state index is 12.4. The first-order valence-corrected chi connectivity index (χ1v) is 7.74. The number of hydrogen-bond acceptors (Lipinski definition) is 3. The van der Waals surface area contributed by atoms with Crippen LogP contribution in [0.1, 0.15) is 47.9 Å². The van der Waals surface area contributed by atoms with Crippen molar-refractivity contribution < 1.29 is 15.0 Å². The van der Waals surface area contributed by atoms with Gasteiger partial charge in [-0.15, -0.1) is 0 Å². The summed E-state index contributed by atoms with van der Waals surface area (Å²) in [6.07, 6.45) is 3.81. The Morgan fingerprint density at radius 3 is 2.05 bits per heavy atom. The standard InChI is InChI=1S/C17H21NO2.CH4O/c1-10-8-11(2)13(12(3)9-10)14-15(19)17(18-16(14)20)6-4-5-7-17;1-2/h8-9,19H,4-7H2,1-3H3,(H,18,20);2H,1H3.